The Hall–Kier alpha value is -2.12. The van der Waals surface area contributed by atoms with Crippen molar-refractivity contribution in [2.45, 2.75) is 50.1 Å². The molecule has 5 nitrogen and oxygen atoms in total. The van der Waals surface area contributed by atoms with Crippen LogP contribution in [0.5, 0.6) is 5.75 Å². The number of carbonyl (C=O) groups excluding carboxylic acids is 1. The minimum Gasteiger partial charge on any atom is -0.379 e. The number of alkyl halides is 1. The lowest BCUT2D eigenvalue weighted by Crippen LogP contribution is -2.41. The number of halogens is 2. The van der Waals surface area contributed by atoms with Crippen molar-refractivity contribution in [3.63, 3.8) is 0 Å². The number of benzene rings is 2. The Morgan fingerprint density at radius 1 is 1.11 bits per heavy atom. The van der Waals surface area contributed by atoms with Gasteiger partial charge in [-0.3, -0.25) is 4.79 Å². The second-order valence-corrected chi connectivity index (χ2v) is 8.68. The monoisotopic (exact) mass is 427 g/mol. The molecule has 1 amide bonds. The molecule has 0 aliphatic carbocycles. The van der Waals surface area contributed by atoms with Crippen LogP contribution in [0.25, 0.3) is 0 Å². The number of carbonyl (C=O) groups is 1. The van der Waals surface area contributed by atoms with Gasteiger partial charge < -0.3 is 9.08 Å². The van der Waals surface area contributed by atoms with Crippen molar-refractivity contribution in [1.29, 1.82) is 0 Å². The SMILES string of the molecule is CC[C@@H](C)N(Cc1ccc(OS(=O)(=O)c2ccc(F)cc2)cc1)C(=O)[C@H](C)Cl. The van der Waals surface area contributed by atoms with Crippen molar-refractivity contribution in [2.24, 2.45) is 0 Å². The van der Waals surface area contributed by atoms with Crippen LogP contribution in [-0.2, 0) is 21.5 Å². The molecule has 0 saturated heterocycles. The zero-order chi connectivity index (χ0) is 20.9. The first kappa shape index (κ1) is 22.2. The smallest absolute Gasteiger partial charge is 0.339 e. The summed E-state index contributed by atoms with van der Waals surface area (Å²) < 4.78 is 42.6. The summed E-state index contributed by atoms with van der Waals surface area (Å²) in [6.07, 6.45) is 0.784. The van der Waals surface area contributed by atoms with E-state index in [1.54, 1.807) is 24.0 Å². The largest absolute Gasteiger partial charge is 0.379 e. The predicted octanol–water partition coefficient (Wildman–Crippen LogP) is 4.35. The van der Waals surface area contributed by atoms with Crippen LogP contribution in [0.4, 0.5) is 4.39 Å². The predicted molar refractivity (Wildman–Crippen MR) is 106 cm³/mol. The molecule has 152 valence electrons. The third-order valence-corrected chi connectivity index (χ3v) is 5.78. The Morgan fingerprint density at radius 2 is 1.68 bits per heavy atom. The molecule has 0 aliphatic rings. The highest BCUT2D eigenvalue weighted by Crippen LogP contribution is 2.21. The van der Waals surface area contributed by atoms with Crippen LogP contribution in [0, 0.1) is 5.82 Å². The van der Waals surface area contributed by atoms with Gasteiger partial charge in [0, 0.05) is 12.6 Å². The maximum Gasteiger partial charge on any atom is 0.339 e. The Bertz CT molecular complexity index is 899. The maximum atomic E-state index is 13.0. The molecule has 0 N–H and O–H groups in total. The molecule has 0 fully saturated rings. The molecule has 0 aliphatic heterocycles. The number of hydrogen-bond acceptors (Lipinski definition) is 4. The van der Waals surface area contributed by atoms with Crippen molar-refractivity contribution >= 4 is 27.6 Å². The van der Waals surface area contributed by atoms with E-state index >= 15 is 0 Å². The Kier molecular flexibility index (Phi) is 7.43. The van der Waals surface area contributed by atoms with E-state index in [4.69, 9.17) is 15.8 Å². The Morgan fingerprint density at radius 3 is 2.18 bits per heavy atom. The summed E-state index contributed by atoms with van der Waals surface area (Å²) in [4.78, 5) is 13.9. The highest BCUT2D eigenvalue weighted by molar-refractivity contribution is 7.87. The van der Waals surface area contributed by atoms with E-state index < -0.39 is 21.3 Å². The van der Waals surface area contributed by atoms with Gasteiger partial charge in [0.15, 0.2) is 0 Å². The van der Waals surface area contributed by atoms with Gasteiger partial charge in [-0.2, -0.15) is 8.42 Å². The molecule has 0 bridgehead atoms. The third kappa shape index (κ3) is 5.69. The van der Waals surface area contributed by atoms with E-state index in [1.165, 1.54) is 12.1 Å². The van der Waals surface area contributed by atoms with Crippen molar-refractivity contribution in [3.05, 3.63) is 59.9 Å². The van der Waals surface area contributed by atoms with Crippen LogP contribution in [0.15, 0.2) is 53.4 Å². The van der Waals surface area contributed by atoms with Crippen LogP contribution in [-0.4, -0.2) is 30.6 Å². The molecule has 2 aromatic carbocycles. The van der Waals surface area contributed by atoms with Gasteiger partial charge in [0.1, 0.15) is 21.8 Å². The summed E-state index contributed by atoms with van der Waals surface area (Å²) in [6.45, 7) is 5.93. The van der Waals surface area contributed by atoms with Gasteiger partial charge in [-0.05, 0) is 62.2 Å². The molecule has 0 unspecified atom stereocenters. The lowest BCUT2D eigenvalue weighted by molar-refractivity contribution is -0.133. The average Bonchev–Trinajstić information content (AvgIpc) is 2.66. The van der Waals surface area contributed by atoms with E-state index in [0.29, 0.717) is 6.54 Å². The van der Waals surface area contributed by atoms with Gasteiger partial charge in [-0.15, -0.1) is 11.6 Å². The quantitative estimate of drug-likeness (QED) is 0.464. The molecule has 2 atom stereocenters. The molecule has 8 heteroatoms. The fraction of sp³-hybridized carbons (Fsp3) is 0.350. The van der Waals surface area contributed by atoms with Gasteiger partial charge >= 0.3 is 10.1 Å². The standard InChI is InChI=1S/C20H23ClFNO4S/c1-4-14(2)23(20(24)15(3)21)13-16-5-9-18(10-6-16)27-28(25,26)19-11-7-17(22)8-12-19/h5-12,14-15H,4,13H2,1-3H3/t14-,15+/m1/s1. The normalized spacial score (nSPS) is 13.6. The summed E-state index contributed by atoms with van der Waals surface area (Å²) in [5.41, 5.74) is 0.817. The molecular formula is C20H23ClFNO4S. The topological polar surface area (TPSA) is 63.7 Å². The van der Waals surface area contributed by atoms with Gasteiger partial charge in [0.25, 0.3) is 0 Å². The fourth-order valence-corrected chi connectivity index (χ4v) is 3.58. The summed E-state index contributed by atoms with van der Waals surface area (Å²) in [5.74, 6) is -0.564. The van der Waals surface area contributed by atoms with Crippen LogP contribution in [0.1, 0.15) is 32.8 Å². The van der Waals surface area contributed by atoms with Crippen LogP contribution in [0.3, 0.4) is 0 Å². The average molecular weight is 428 g/mol. The lowest BCUT2D eigenvalue weighted by atomic mass is 10.1. The van der Waals surface area contributed by atoms with Crippen molar-refractivity contribution in [1.82, 2.24) is 4.90 Å². The van der Waals surface area contributed by atoms with E-state index in [9.17, 15) is 17.6 Å². The number of nitrogens with zero attached hydrogens (tertiary/aromatic N) is 1. The van der Waals surface area contributed by atoms with Gasteiger partial charge in [0.05, 0.1) is 0 Å². The van der Waals surface area contributed by atoms with E-state index in [-0.39, 0.29) is 22.6 Å². The van der Waals surface area contributed by atoms with Gasteiger partial charge in [0.2, 0.25) is 5.91 Å². The fourth-order valence-electron chi connectivity index (χ4n) is 2.52. The summed E-state index contributed by atoms with van der Waals surface area (Å²) >= 11 is 5.95. The summed E-state index contributed by atoms with van der Waals surface area (Å²) in [7, 11) is -4.06. The second kappa shape index (κ2) is 9.39. The summed E-state index contributed by atoms with van der Waals surface area (Å²) in [5, 5.41) is -0.627. The molecular weight excluding hydrogens is 405 g/mol. The molecule has 0 radical (unpaired) electrons. The van der Waals surface area contributed by atoms with Crippen LogP contribution in [0.2, 0.25) is 0 Å². The first-order chi connectivity index (χ1) is 13.1. The number of hydrogen-bond donors (Lipinski definition) is 0. The first-order valence-electron chi connectivity index (χ1n) is 8.87. The molecule has 28 heavy (non-hydrogen) atoms. The van der Waals surface area contributed by atoms with Gasteiger partial charge in [-0.25, -0.2) is 4.39 Å². The zero-order valence-corrected chi connectivity index (χ0v) is 17.5. The van der Waals surface area contributed by atoms with Crippen molar-refractivity contribution < 1.29 is 21.8 Å². The minimum atomic E-state index is -4.06. The van der Waals surface area contributed by atoms with Crippen molar-refractivity contribution in [2.75, 3.05) is 0 Å². The lowest BCUT2D eigenvalue weighted by Gasteiger charge is -2.29. The highest BCUT2D eigenvalue weighted by atomic mass is 35.5. The molecule has 0 heterocycles. The van der Waals surface area contributed by atoms with E-state index in [2.05, 4.69) is 0 Å². The second-order valence-electron chi connectivity index (χ2n) is 6.47. The Balaban J connectivity index is 2.14. The van der Waals surface area contributed by atoms with Gasteiger partial charge in [-0.1, -0.05) is 19.1 Å². The minimum absolute atomic E-state index is 0.0171. The molecule has 2 aromatic rings. The molecule has 0 aromatic heterocycles. The zero-order valence-electron chi connectivity index (χ0n) is 15.9. The molecule has 0 spiro atoms. The van der Waals surface area contributed by atoms with E-state index in [0.717, 1.165) is 36.2 Å². The number of amides is 1. The van der Waals surface area contributed by atoms with Crippen LogP contribution >= 0.6 is 11.6 Å². The molecule has 0 saturated carbocycles. The molecule has 2 rings (SSSR count). The first-order valence-corrected chi connectivity index (χ1v) is 10.7. The highest BCUT2D eigenvalue weighted by Gasteiger charge is 2.23. The Labute approximate surface area is 170 Å². The maximum absolute atomic E-state index is 13.0. The summed E-state index contributed by atoms with van der Waals surface area (Å²) in [6, 6.07) is 10.8. The van der Waals surface area contributed by atoms with E-state index in [1.807, 2.05) is 13.8 Å². The van der Waals surface area contributed by atoms with Crippen LogP contribution < -0.4 is 4.18 Å². The number of rotatable bonds is 8. The third-order valence-electron chi connectivity index (χ3n) is 4.33. The van der Waals surface area contributed by atoms with Crippen molar-refractivity contribution in [3.8, 4) is 5.75 Å².